The molecule has 0 aliphatic heterocycles. The number of nitro groups is 1. The minimum atomic E-state index is -0.448. The molecule has 1 aromatic heterocycles. The molecule has 2 aromatic rings. The first-order valence-electron chi connectivity index (χ1n) is 5.19. The number of anilines is 2. The van der Waals surface area contributed by atoms with Crippen LogP contribution in [0.2, 0.25) is 0 Å². The van der Waals surface area contributed by atoms with Crippen molar-refractivity contribution in [1.82, 2.24) is 4.98 Å². The maximum atomic E-state index is 10.8. The molecule has 0 bridgehead atoms. The Morgan fingerprint density at radius 2 is 2.28 bits per heavy atom. The van der Waals surface area contributed by atoms with Crippen LogP contribution in [0, 0.1) is 10.1 Å². The van der Waals surface area contributed by atoms with Crippen LogP contribution in [0.1, 0.15) is 5.69 Å². The number of benzene rings is 1. The molecule has 2 rings (SSSR count). The van der Waals surface area contributed by atoms with Crippen molar-refractivity contribution in [2.24, 2.45) is 0 Å². The molecule has 7 heteroatoms. The largest absolute Gasteiger partial charge is 0.398 e. The van der Waals surface area contributed by atoms with Gasteiger partial charge in [0.05, 0.1) is 22.7 Å². The molecule has 0 fully saturated rings. The smallest absolute Gasteiger partial charge is 0.273 e. The second-order valence-corrected chi connectivity index (χ2v) is 4.59. The van der Waals surface area contributed by atoms with Crippen LogP contribution in [0.25, 0.3) is 0 Å². The highest BCUT2D eigenvalue weighted by atomic mass is 32.1. The molecule has 94 valence electrons. The molecule has 18 heavy (non-hydrogen) atoms. The fourth-order valence-corrected chi connectivity index (χ4v) is 2.14. The minimum Gasteiger partial charge on any atom is -0.398 e. The number of nitrogens with zero attached hydrogens (tertiary/aromatic N) is 3. The lowest BCUT2D eigenvalue weighted by Gasteiger charge is -2.18. The maximum Gasteiger partial charge on any atom is 0.273 e. The van der Waals surface area contributed by atoms with Gasteiger partial charge in [0.25, 0.3) is 5.69 Å². The summed E-state index contributed by atoms with van der Waals surface area (Å²) in [4.78, 5) is 16.4. The van der Waals surface area contributed by atoms with Crippen molar-refractivity contribution in [3.05, 3.63) is 44.9 Å². The molecule has 0 radical (unpaired) electrons. The Morgan fingerprint density at radius 3 is 2.89 bits per heavy atom. The van der Waals surface area contributed by atoms with Crippen LogP contribution in [0.4, 0.5) is 17.1 Å². The Kier molecular flexibility index (Phi) is 3.42. The van der Waals surface area contributed by atoms with Crippen LogP contribution in [0.15, 0.2) is 29.1 Å². The molecular weight excluding hydrogens is 252 g/mol. The van der Waals surface area contributed by atoms with Gasteiger partial charge in [-0.15, -0.1) is 11.3 Å². The van der Waals surface area contributed by atoms with Crippen molar-refractivity contribution < 1.29 is 4.92 Å². The quantitative estimate of drug-likeness (QED) is 0.520. The average molecular weight is 264 g/mol. The van der Waals surface area contributed by atoms with Crippen molar-refractivity contribution in [3.8, 4) is 0 Å². The Morgan fingerprint density at radius 1 is 1.50 bits per heavy atom. The summed E-state index contributed by atoms with van der Waals surface area (Å²) in [6.45, 7) is 0.587. The predicted molar refractivity (Wildman–Crippen MR) is 71.7 cm³/mol. The first-order valence-corrected chi connectivity index (χ1v) is 6.13. The summed E-state index contributed by atoms with van der Waals surface area (Å²) in [5.41, 5.74) is 9.42. The van der Waals surface area contributed by atoms with Crippen molar-refractivity contribution >= 4 is 28.4 Å². The highest BCUT2D eigenvalue weighted by molar-refractivity contribution is 7.07. The Labute approximate surface area is 108 Å². The highest BCUT2D eigenvalue weighted by Crippen LogP contribution is 2.25. The number of non-ortho nitro benzene ring substituents is 1. The third kappa shape index (κ3) is 2.75. The molecule has 1 aromatic carbocycles. The molecule has 0 amide bonds. The van der Waals surface area contributed by atoms with Gasteiger partial charge in [0.1, 0.15) is 0 Å². The second kappa shape index (κ2) is 5.01. The maximum absolute atomic E-state index is 10.8. The highest BCUT2D eigenvalue weighted by Gasteiger charge is 2.11. The van der Waals surface area contributed by atoms with Gasteiger partial charge in [-0.3, -0.25) is 10.1 Å². The number of rotatable bonds is 4. The SMILES string of the molecule is CN(Cc1cscn1)c1cc(N)cc([N+](=O)[O-])c1. The van der Waals surface area contributed by atoms with Crippen LogP contribution in [0.5, 0.6) is 0 Å². The average Bonchev–Trinajstić information content (AvgIpc) is 2.80. The second-order valence-electron chi connectivity index (χ2n) is 3.88. The standard InChI is InChI=1S/C11H12N4O2S/c1-14(5-9-6-18-7-13-9)10-2-8(12)3-11(4-10)15(16)17/h2-4,6-7H,5,12H2,1H3. The molecule has 0 atom stereocenters. The van der Waals surface area contributed by atoms with E-state index in [0.29, 0.717) is 17.9 Å². The fraction of sp³-hybridized carbons (Fsp3) is 0.182. The zero-order valence-corrected chi connectivity index (χ0v) is 10.6. The van der Waals surface area contributed by atoms with E-state index in [1.165, 1.54) is 23.5 Å². The van der Waals surface area contributed by atoms with Crippen molar-refractivity contribution in [1.29, 1.82) is 0 Å². The van der Waals surface area contributed by atoms with Crippen LogP contribution in [-0.4, -0.2) is 17.0 Å². The molecule has 0 spiro atoms. The lowest BCUT2D eigenvalue weighted by atomic mass is 10.2. The Hall–Kier alpha value is -2.15. The van der Waals surface area contributed by atoms with Crippen LogP contribution in [0.3, 0.4) is 0 Å². The summed E-state index contributed by atoms with van der Waals surface area (Å²) in [5, 5.41) is 12.7. The third-order valence-corrected chi connectivity index (χ3v) is 3.09. The van der Waals surface area contributed by atoms with E-state index < -0.39 is 4.92 Å². The predicted octanol–water partition coefficient (Wildman–Crippen LogP) is 2.27. The van der Waals surface area contributed by atoms with E-state index >= 15 is 0 Å². The van der Waals surface area contributed by atoms with Gasteiger partial charge in [0.15, 0.2) is 0 Å². The molecule has 6 nitrogen and oxygen atoms in total. The van der Waals surface area contributed by atoms with E-state index in [9.17, 15) is 10.1 Å². The van der Waals surface area contributed by atoms with E-state index in [4.69, 9.17) is 5.73 Å². The fourth-order valence-electron chi connectivity index (χ4n) is 1.59. The van der Waals surface area contributed by atoms with Crippen molar-refractivity contribution in [2.75, 3.05) is 17.7 Å². The molecule has 0 unspecified atom stereocenters. The number of hydrogen-bond donors (Lipinski definition) is 1. The zero-order valence-electron chi connectivity index (χ0n) is 9.74. The molecule has 0 aliphatic carbocycles. The van der Waals surface area contributed by atoms with E-state index in [1.54, 1.807) is 11.6 Å². The van der Waals surface area contributed by atoms with Gasteiger partial charge in [0.2, 0.25) is 0 Å². The van der Waals surface area contributed by atoms with E-state index in [0.717, 1.165) is 5.69 Å². The van der Waals surface area contributed by atoms with Crippen molar-refractivity contribution in [2.45, 2.75) is 6.54 Å². The summed E-state index contributed by atoms with van der Waals surface area (Å²) < 4.78 is 0. The summed E-state index contributed by atoms with van der Waals surface area (Å²) in [6, 6.07) is 4.56. The van der Waals surface area contributed by atoms with Gasteiger partial charge in [-0.05, 0) is 6.07 Å². The Balaban J connectivity index is 2.24. The van der Waals surface area contributed by atoms with Crippen LogP contribution in [-0.2, 0) is 6.54 Å². The van der Waals surface area contributed by atoms with Gasteiger partial charge in [-0.1, -0.05) is 0 Å². The summed E-state index contributed by atoms with van der Waals surface area (Å²) in [6.07, 6.45) is 0. The zero-order chi connectivity index (χ0) is 13.1. The summed E-state index contributed by atoms with van der Waals surface area (Å²) in [7, 11) is 1.85. The van der Waals surface area contributed by atoms with E-state index in [2.05, 4.69) is 4.98 Å². The summed E-state index contributed by atoms with van der Waals surface area (Å²) >= 11 is 1.52. The van der Waals surface area contributed by atoms with Gasteiger partial charge in [-0.2, -0.15) is 0 Å². The number of thiazole rings is 1. The van der Waals surface area contributed by atoms with Gasteiger partial charge in [-0.25, -0.2) is 4.98 Å². The Bertz CT molecular complexity index is 556. The molecule has 0 aliphatic rings. The van der Waals surface area contributed by atoms with E-state index in [1.807, 2.05) is 17.3 Å². The normalized spacial score (nSPS) is 10.3. The molecule has 1 heterocycles. The molecule has 0 saturated carbocycles. The van der Waals surface area contributed by atoms with Gasteiger partial charge in [0, 0.05) is 35.9 Å². The number of aromatic nitrogens is 1. The molecular formula is C11H12N4O2S. The van der Waals surface area contributed by atoms with Gasteiger partial charge >= 0.3 is 0 Å². The molecule has 2 N–H and O–H groups in total. The first kappa shape index (κ1) is 12.3. The first-order chi connectivity index (χ1) is 8.56. The van der Waals surface area contributed by atoms with Crippen molar-refractivity contribution in [3.63, 3.8) is 0 Å². The monoisotopic (exact) mass is 264 g/mol. The lowest BCUT2D eigenvalue weighted by molar-refractivity contribution is -0.384. The summed E-state index contributed by atoms with van der Waals surface area (Å²) in [5.74, 6) is 0. The molecule has 0 saturated heterocycles. The number of hydrogen-bond acceptors (Lipinski definition) is 6. The van der Waals surface area contributed by atoms with Crippen LogP contribution >= 0.6 is 11.3 Å². The van der Waals surface area contributed by atoms with Crippen LogP contribution < -0.4 is 10.6 Å². The lowest BCUT2D eigenvalue weighted by Crippen LogP contribution is -2.16. The third-order valence-electron chi connectivity index (χ3n) is 2.46. The minimum absolute atomic E-state index is 0.00451. The number of nitrogens with two attached hydrogens (primary N) is 1. The van der Waals surface area contributed by atoms with E-state index in [-0.39, 0.29) is 5.69 Å². The number of nitro benzene ring substituents is 1. The topological polar surface area (TPSA) is 85.3 Å². The van der Waals surface area contributed by atoms with Gasteiger partial charge < -0.3 is 10.6 Å². The number of nitrogen functional groups attached to an aromatic ring is 1.